The van der Waals surface area contributed by atoms with Crippen molar-refractivity contribution in [2.75, 3.05) is 18.5 Å². The van der Waals surface area contributed by atoms with Crippen LogP contribution in [0.25, 0.3) is 10.2 Å². The SMILES string of the molecule is O=C(Nc1nc2cc3c(cc2s1)OCCO3)c1cccc(F)c1. The molecule has 2 aromatic carbocycles. The topological polar surface area (TPSA) is 60.5 Å². The molecule has 0 bridgehead atoms. The summed E-state index contributed by atoms with van der Waals surface area (Å²) < 4.78 is 25.1. The van der Waals surface area contributed by atoms with Gasteiger partial charge < -0.3 is 9.47 Å². The zero-order chi connectivity index (χ0) is 15.8. The number of aromatic nitrogens is 1. The van der Waals surface area contributed by atoms with Crippen LogP contribution in [0.5, 0.6) is 11.5 Å². The summed E-state index contributed by atoms with van der Waals surface area (Å²) in [6.07, 6.45) is 0. The summed E-state index contributed by atoms with van der Waals surface area (Å²) >= 11 is 1.32. The summed E-state index contributed by atoms with van der Waals surface area (Å²) in [4.78, 5) is 16.5. The van der Waals surface area contributed by atoms with Crippen molar-refractivity contribution in [2.24, 2.45) is 0 Å². The van der Waals surface area contributed by atoms with Gasteiger partial charge in [-0.3, -0.25) is 10.1 Å². The third kappa shape index (κ3) is 2.70. The first-order chi connectivity index (χ1) is 11.2. The quantitative estimate of drug-likeness (QED) is 0.782. The predicted octanol–water partition coefficient (Wildman–Crippen LogP) is 3.46. The molecule has 23 heavy (non-hydrogen) atoms. The van der Waals surface area contributed by atoms with Crippen molar-refractivity contribution in [2.45, 2.75) is 0 Å². The second-order valence-electron chi connectivity index (χ2n) is 4.95. The molecule has 3 aromatic rings. The first-order valence-electron chi connectivity index (χ1n) is 6.96. The van der Waals surface area contributed by atoms with Crippen molar-refractivity contribution in [3.05, 3.63) is 47.8 Å². The maximum atomic E-state index is 13.2. The molecule has 1 aromatic heterocycles. The van der Waals surface area contributed by atoms with Gasteiger partial charge in [0.15, 0.2) is 16.6 Å². The number of fused-ring (bicyclic) bond motifs is 2. The Hall–Kier alpha value is -2.67. The molecule has 1 amide bonds. The smallest absolute Gasteiger partial charge is 0.257 e. The van der Waals surface area contributed by atoms with E-state index in [1.807, 2.05) is 6.07 Å². The molecule has 0 saturated carbocycles. The van der Waals surface area contributed by atoms with Gasteiger partial charge in [0, 0.05) is 17.7 Å². The van der Waals surface area contributed by atoms with E-state index < -0.39 is 11.7 Å². The van der Waals surface area contributed by atoms with Crippen LogP contribution in [0.3, 0.4) is 0 Å². The standard InChI is InChI=1S/C16H11FN2O3S/c17-10-3-1-2-9(6-10)15(20)19-16-18-11-7-12-13(8-14(11)23-16)22-5-4-21-12/h1-3,6-8H,4-5H2,(H,18,19,20). The van der Waals surface area contributed by atoms with Crippen LogP contribution in [0.1, 0.15) is 10.4 Å². The van der Waals surface area contributed by atoms with Gasteiger partial charge in [-0.05, 0) is 18.2 Å². The lowest BCUT2D eigenvalue weighted by Gasteiger charge is -2.17. The van der Waals surface area contributed by atoms with E-state index >= 15 is 0 Å². The van der Waals surface area contributed by atoms with E-state index in [0.717, 1.165) is 4.70 Å². The number of carbonyl (C=O) groups is 1. The molecule has 5 nitrogen and oxygen atoms in total. The third-order valence-corrected chi connectivity index (χ3v) is 4.29. The number of halogens is 1. The first kappa shape index (κ1) is 14.0. The van der Waals surface area contributed by atoms with Crippen molar-refractivity contribution in [1.82, 2.24) is 4.98 Å². The number of ether oxygens (including phenoxy) is 2. The number of rotatable bonds is 2. The van der Waals surface area contributed by atoms with Crippen LogP contribution in [-0.4, -0.2) is 24.1 Å². The number of hydrogen-bond acceptors (Lipinski definition) is 5. The van der Waals surface area contributed by atoms with Crippen molar-refractivity contribution < 1.29 is 18.7 Å². The number of carbonyl (C=O) groups excluding carboxylic acids is 1. The summed E-state index contributed by atoms with van der Waals surface area (Å²) in [6.45, 7) is 1.02. The Kier molecular flexibility index (Phi) is 3.34. The zero-order valence-corrected chi connectivity index (χ0v) is 12.7. The lowest BCUT2D eigenvalue weighted by atomic mass is 10.2. The van der Waals surface area contributed by atoms with E-state index in [4.69, 9.17) is 9.47 Å². The van der Waals surface area contributed by atoms with Crippen LogP contribution in [0.2, 0.25) is 0 Å². The number of benzene rings is 2. The number of nitrogens with one attached hydrogen (secondary N) is 1. The highest BCUT2D eigenvalue weighted by Gasteiger charge is 2.16. The number of hydrogen-bond donors (Lipinski definition) is 1. The fourth-order valence-electron chi connectivity index (χ4n) is 2.32. The maximum absolute atomic E-state index is 13.2. The molecule has 2 heterocycles. The normalized spacial score (nSPS) is 13.1. The summed E-state index contributed by atoms with van der Waals surface area (Å²) in [5.74, 6) is 0.470. The fourth-order valence-corrected chi connectivity index (χ4v) is 3.19. The van der Waals surface area contributed by atoms with E-state index in [1.165, 1.54) is 29.5 Å². The van der Waals surface area contributed by atoms with Crippen LogP contribution in [0, 0.1) is 5.82 Å². The summed E-state index contributed by atoms with van der Waals surface area (Å²) in [7, 11) is 0. The Morgan fingerprint density at radius 2 is 1.96 bits per heavy atom. The average Bonchev–Trinajstić information content (AvgIpc) is 2.93. The summed E-state index contributed by atoms with van der Waals surface area (Å²) in [5, 5.41) is 3.13. The molecule has 116 valence electrons. The highest BCUT2D eigenvalue weighted by Crippen LogP contribution is 2.37. The Bertz CT molecular complexity index is 866. The van der Waals surface area contributed by atoms with Gasteiger partial charge in [-0.1, -0.05) is 17.4 Å². The fraction of sp³-hybridized carbons (Fsp3) is 0.125. The van der Waals surface area contributed by atoms with Crippen molar-refractivity contribution in [3.63, 3.8) is 0 Å². The van der Waals surface area contributed by atoms with Gasteiger partial charge in [0.1, 0.15) is 19.0 Å². The van der Waals surface area contributed by atoms with E-state index in [9.17, 15) is 9.18 Å². The molecule has 0 fully saturated rings. The van der Waals surface area contributed by atoms with Gasteiger partial charge in [0.25, 0.3) is 5.91 Å². The Labute approximate surface area is 134 Å². The van der Waals surface area contributed by atoms with Gasteiger partial charge in [0.05, 0.1) is 10.2 Å². The van der Waals surface area contributed by atoms with Gasteiger partial charge in [-0.25, -0.2) is 9.37 Å². The molecule has 0 spiro atoms. The van der Waals surface area contributed by atoms with E-state index in [-0.39, 0.29) is 5.56 Å². The molecular formula is C16H11FN2O3S. The molecule has 0 aliphatic carbocycles. The molecule has 7 heteroatoms. The second kappa shape index (κ2) is 5.51. The Balaban J connectivity index is 1.63. The molecule has 1 N–H and O–H groups in total. The second-order valence-corrected chi connectivity index (χ2v) is 5.98. The Morgan fingerprint density at radius 1 is 1.17 bits per heavy atom. The van der Waals surface area contributed by atoms with Gasteiger partial charge >= 0.3 is 0 Å². The average molecular weight is 330 g/mol. The molecule has 0 saturated heterocycles. The van der Waals surface area contributed by atoms with Crippen molar-refractivity contribution >= 4 is 32.6 Å². The van der Waals surface area contributed by atoms with Crippen LogP contribution in [-0.2, 0) is 0 Å². The Morgan fingerprint density at radius 3 is 2.74 bits per heavy atom. The largest absolute Gasteiger partial charge is 0.486 e. The maximum Gasteiger partial charge on any atom is 0.257 e. The summed E-state index contributed by atoms with van der Waals surface area (Å²) in [5.41, 5.74) is 0.962. The first-order valence-corrected chi connectivity index (χ1v) is 7.78. The highest BCUT2D eigenvalue weighted by atomic mass is 32.1. The molecular weight excluding hydrogens is 319 g/mol. The predicted molar refractivity (Wildman–Crippen MR) is 85.0 cm³/mol. The van der Waals surface area contributed by atoms with Gasteiger partial charge in [0.2, 0.25) is 0 Å². The molecule has 0 atom stereocenters. The molecule has 0 radical (unpaired) electrons. The minimum Gasteiger partial charge on any atom is -0.486 e. The van der Waals surface area contributed by atoms with Crippen LogP contribution < -0.4 is 14.8 Å². The lowest BCUT2D eigenvalue weighted by molar-refractivity contribution is 0.102. The van der Waals surface area contributed by atoms with Crippen molar-refractivity contribution in [1.29, 1.82) is 0 Å². The van der Waals surface area contributed by atoms with Crippen LogP contribution >= 0.6 is 11.3 Å². The molecule has 1 aliphatic rings. The van der Waals surface area contributed by atoms with E-state index in [1.54, 1.807) is 12.1 Å². The van der Waals surface area contributed by atoms with Gasteiger partial charge in [-0.15, -0.1) is 0 Å². The van der Waals surface area contributed by atoms with E-state index in [2.05, 4.69) is 10.3 Å². The number of anilines is 1. The van der Waals surface area contributed by atoms with Crippen molar-refractivity contribution in [3.8, 4) is 11.5 Å². The highest BCUT2D eigenvalue weighted by molar-refractivity contribution is 7.22. The van der Waals surface area contributed by atoms with E-state index in [0.29, 0.717) is 35.4 Å². The third-order valence-electron chi connectivity index (χ3n) is 3.36. The van der Waals surface area contributed by atoms with Crippen LogP contribution in [0.15, 0.2) is 36.4 Å². The zero-order valence-electron chi connectivity index (χ0n) is 11.8. The molecule has 1 aliphatic heterocycles. The van der Waals surface area contributed by atoms with Gasteiger partial charge in [-0.2, -0.15) is 0 Å². The number of nitrogens with zero attached hydrogens (tertiary/aromatic N) is 1. The number of thiazole rings is 1. The minimum absolute atomic E-state index is 0.246. The summed E-state index contributed by atoms with van der Waals surface area (Å²) in [6, 6.07) is 9.15. The monoisotopic (exact) mass is 330 g/mol. The molecule has 0 unspecified atom stereocenters. The lowest BCUT2D eigenvalue weighted by Crippen LogP contribution is -2.15. The van der Waals surface area contributed by atoms with Crippen LogP contribution in [0.4, 0.5) is 9.52 Å². The minimum atomic E-state index is -0.455. The number of amides is 1. The molecule has 4 rings (SSSR count).